The maximum absolute atomic E-state index is 12.5. The Kier molecular flexibility index (Phi) is 4.57. The number of hydrogen-bond donors (Lipinski definition) is 1. The Bertz CT molecular complexity index is 697. The van der Waals surface area contributed by atoms with Gasteiger partial charge in [-0.05, 0) is 32.4 Å². The van der Waals surface area contributed by atoms with Crippen LogP contribution in [0.1, 0.15) is 26.3 Å². The number of carbonyl (C=O) groups excluding carboxylic acids is 1. The van der Waals surface area contributed by atoms with Crippen LogP contribution in [0.5, 0.6) is 0 Å². The van der Waals surface area contributed by atoms with E-state index in [1.54, 1.807) is 6.20 Å². The van der Waals surface area contributed by atoms with E-state index in [1.807, 2.05) is 48.9 Å². The van der Waals surface area contributed by atoms with Gasteiger partial charge in [-0.2, -0.15) is 5.10 Å². The minimum atomic E-state index is -0.0400. The van der Waals surface area contributed by atoms with Gasteiger partial charge in [0.2, 0.25) is 5.91 Å². The molecule has 1 aliphatic rings. The molecule has 0 saturated carbocycles. The fraction of sp³-hybridized carbons (Fsp3) is 0.412. The molecule has 122 valence electrons. The van der Waals surface area contributed by atoms with Gasteiger partial charge >= 0.3 is 0 Å². The number of benzene rings is 1. The molecule has 1 unspecified atom stereocenters. The maximum Gasteiger partial charge on any atom is 0.230 e. The van der Waals surface area contributed by atoms with E-state index in [0.29, 0.717) is 6.54 Å². The van der Waals surface area contributed by atoms with Crippen LogP contribution in [0, 0.1) is 5.92 Å². The van der Waals surface area contributed by atoms with E-state index in [2.05, 4.69) is 15.3 Å². The smallest absolute Gasteiger partial charge is 0.230 e. The van der Waals surface area contributed by atoms with Crippen LogP contribution < -0.4 is 10.2 Å². The zero-order valence-corrected chi connectivity index (χ0v) is 14.1. The molecule has 3 rings (SSSR count). The molecule has 2 heterocycles. The van der Waals surface area contributed by atoms with E-state index in [9.17, 15) is 4.79 Å². The third-order valence-corrected chi connectivity index (χ3v) is 4.48. The van der Waals surface area contributed by atoms with Crippen molar-refractivity contribution in [2.75, 3.05) is 23.3 Å². The molecule has 1 aliphatic heterocycles. The molecule has 0 spiro atoms. The van der Waals surface area contributed by atoms with Crippen LogP contribution in [0.25, 0.3) is 0 Å². The predicted molar refractivity (Wildman–Crippen MR) is 93.0 cm³/mol. The highest BCUT2D eigenvalue weighted by atomic mass is 35.5. The molecule has 1 amide bonds. The topological polar surface area (TPSA) is 50.2 Å². The quantitative estimate of drug-likeness (QED) is 0.931. The number of aromatic nitrogens is 2. The largest absolute Gasteiger partial charge is 0.370 e. The Balaban J connectivity index is 1.66. The van der Waals surface area contributed by atoms with Crippen molar-refractivity contribution in [3.8, 4) is 0 Å². The van der Waals surface area contributed by atoms with Crippen LogP contribution in [-0.2, 0) is 4.79 Å². The molecule has 0 aliphatic carbocycles. The molecule has 2 aromatic rings. The van der Waals surface area contributed by atoms with Crippen molar-refractivity contribution < 1.29 is 4.79 Å². The van der Waals surface area contributed by atoms with Gasteiger partial charge in [-0.1, -0.05) is 23.7 Å². The molecule has 1 fully saturated rings. The number of carbonyl (C=O) groups is 1. The Morgan fingerprint density at radius 2 is 2.13 bits per heavy atom. The zero-order chi connectivity index (χ0) is 16.4. The first kappa shape index (κ1) is 15.9. The molecule has 6 heteroatoms. The lowest BCUT2D eigenvalue weighted by molar-refractivity contribution is -0.119. The summed E-state index contributed by atoms with van der Waals surface area (Å²) in [6.07, 6.45) is 2.53. The summed E-state index contributed by atoms with van der Waals surface area (Å²) < 4.78 is 1.82. The van der Waals surface area contributed by atoms with E-state index in [1.165, 1.54) is 0 Å². The standard InChI is InChI=1S/C17H21ClN4O/c1-12(2)22-16(7-9-19-22)20-17(23)13-8-10-21(11-13)15-6-4-3-5-14(15)18/h3-7,9,12-13H,8,10-11H2,1-2H3,(H,20,23). The molecule has 0 bridgehead atoms. The number of nitrogens with one attached hydrogen (secondary N) is 1. The van der Waals surface area contributed by atoms with Crippen molar-refractivity contribution in [2.24, 2.45) is 5.92 Å². The van der Waals surface area contributed by atoms with Crippen LogP contribution in [0.4, 0.5) is 11.5 Å². The van der Waals surface area contributed by atoms with Crippen molar-refractivity contribution in [3.05, 3.63) is 41.6 Å². The second-order valence-corrected chi connectivity index (χ2v) is 6.53. The third-order valence-electron chi connectivity index (χ3n) is 4.16. The summed E-state index contributed by atoms with van der Waals surface area (Å²) in [5, 5.41) is 7.97. The molecule has 1 N–H and O–H groups in total. The second-order valence-electron chi connectivity index (χ2n) is 6.13. The molecule has 1 saturated heterocycles. The fourth-order valence-corrected chi connectivity index (χ4v) is 3.21. The molecule has 23 heavy (non-hydrogen) atoms. The Morgan fingerprint density at radius 3 is 2.87 bits per heavy atom. The predicted octanol–water partition coefficient (Wildman–Crippen LogP) is 3.58. The summed E-state index contributed by atoms with van der Waals surface area (Å²) in [6.45, 7) is 5.60. The van der Waals surface area contributed by atoms with Crippen molar-refractivity contribution in [1.29, 1.82) is 0 Å². The minimum Gasteiger partial charge on any atom is -0.370 e. The molecular weight excluding hydrogens is 312 g/mol. The number of rotatable bonds is 4. The monoisotopic (exact) mass is 332 g/mol. The van der Waals surface area contributed by atoms with Gasteiger partial charge in [-0.3, -0.25) is 4.79 Å². The van der Waals surface area contributed by atoms with Crippen LogP contribution in [-0.4, -0.2) is 28.8 Å². The van der Waals surface area contributed by atoms with Gasteiger partial charge in [0.25, 0.3) is 0 Å². The summed E-state index contributed by atoms with van der Waals surface area (Å²) in [5.41, 5.74) is 0.997. The first-order chi connectivity index (χ1) is 11.1. The van der Waals surface area contributed by atoms with Crippen molar-refractivity contribution in [1.82, 2.24) is 9.78 Å². The molecule has 0 radical (unpaired) electrons. The molecule has 1 atom stereocenters. The van der Waals surface area contributed by atoms with Crippen molar-refractivity contribution in [3.63, 3.8) is 0 Å². The van der Waals surface area contributed by atoms with Crippen LogP contribution in [0.2, 0.25) is 5.02 Å². The van der Waals surface area contributed by atoms with E-state index < -0.39 is 0 Å². The minimum absolute atomic E-state index is 0.0400. The van der Waals surface area contributed by atoms with Gasteiger partial charge in [0.05, 0.1) is 22.8 Å². The lowest BCUT2D eigenvalue weighted by Gasteiger charge is -2.20. The molecule has 5 nitrogen and oxygen atoms in total. The molecule has 1 aromatic carbocycles. The lowest BCUT2D eigenvalue weighted by atomic mass is 10.1. The SMILES string of the molecule is CC(C)n1nccc1NC(=O)C1CCN(c2ccccc2Cl)C1. The van der Waals surface area contributed by atoms with Crippen LogP contribution in [0.15, 0.2) is 36.5 Å². The number of halogens is 1. The fourth-order valence-electron chi connectivity index (χ4n) is 2.95. The highest BCUT2D eigenvalue weighted by Crippen LogP contribution is 2.30. The zero-order valence-electron chi connectivity index (χ0n) is 13.4. The highest BCUT2D eigenvalue weighted by molar-refractivity contribution is 6.33. The van der Waals surface area contributed by atoms with Gasteiger partial charge in [0.1, 0.15) is 5.82 Å². The summed E-state index contributed by atoms with van der Waals surface area (Å²) in [6, 6.07) is 9.80. The van der Waals surface area contributed by atoms with Gasteiger partial charge in [0.15, 0.2) is 0 Å². The lowest BCUT2D eigenvalue weighted by Crippen LogP contribution is -2.28. The summed E-state index contributed by atoms with van der Waals surface area (Å²) >= 11 is 6.25. The van der Waals surface area contributed by atoms with E-state index >= 15 is 0 Å². The van der Waals surface area contributed by atoms with Gasteiger partial charge in [-0.25, -0.2) is 4.68 Å². The maximum atomic E-state index is 12.5. The number of hydrogen-bond acceptors (Lipinski definition) is 3. The van der Waals surface area contributed by atoms with Crippen LogP contribution >= 0.6 is 11.6 Å². The average Bonchev–Trinajstić information content (AvgIpc) is 3.16. The molecule has 1 aromatic heterocycles. The molecular formula is C17H21ClN4O. The summed E-state index contributed by atoms with van der Waals surface area (Å²) in [5.74, 6) is 0.755. The summed E-state index contributed by atoms with van der Waals surface area (Å²) in [4.78, 5) is 14.7. The van der Waals surface area contributed by atoms with E-state index in [4.69, 9.17) is 11.6 Å². The van der Waals surface area contributed by atoms with E-state index in [0.717, 1.165) is 29.5 Å². The van der Waals surface area contributed by atoms with Crippen LogP contribution in [0.3, 0.4) is 0 Å². The number of nitrogens with zero attached hydrogens (tertiary/aromatic N) is 3. The second kappa shape index (κ2) is 6.62. The Labute approximate surface area is 141 Å². The first-order valence-corrected chi connectivity index (χ1v) is 8.28. The third kappa shape index (κ3) is 3.34. The Morgan fingerprint density at radius 1 is 1.35 bits per heavy atom. The number of amides is 1. The highest BCUT2D eigenvalue weighted by Gasteiger charge is 2.29. The normalized spacial score (nSPS) is 17.7. The number of anilines is 2. The van der Waals surface area contributed by atoms with Gasteiger partial charge < -0.3 is 10.2 Å². The van der Waals surface area contributed by atoms with Gasteiger partial charge in [0, 0.05) is 25.2 Å². The number of para-hydroxylation sites is 1. The van der Waals surface area contributed by atoms with Gasteiger partial charge in [-0.15, -0.1) is 0 Å². The summed E-state index contributed by atoms with van der Waals surface area (Å²) in [7, 11) is 0. The first-order valence-electron chi connectivity index (χ1n) is 7.90. The van der Waals surface area contributed by atoms with E-state index in [-0.39, 0.29) is 17.9 Å². The van der Waals surface area contributed by atoms with Crippen molar-refractivity contribution >= 4 is 29.0 Å². The van der Waals surface area contributed by atoms with Crippen molar-refractivity contribution in [2.45, 2.75) is 26.3 Å². The average molecular weight is 333 g/mol. The Hall–Kier alpha value is -2.01.